The van der Waals surface area contributed by atoms with E-state index in [0.29, 0.717) is 70.6 Å². The topological polar surface area (TPSA) is 261 Å². The van der Waals surface area contributed by atoms with Crippen molar-refractivity contribution in [2.45, 2.75) is 148 Å². The molecule has 26 heteroatoms. The molecular formula is C61H77F2N9O11S4. The summed E-state index contributed by atoms with van der Waals surface area (Å²) in [5.41, 5.74) is 6.19. The summed E-state index contributed by atoms with van der Waals surface area (Å²) in [5, 5.41) is 9.98. The summed E-state index contributed by atoms with van der Waals surface area (Å²) in [7, 11) is -4.86. The summed E-state index contributed by atoms with van der Waals surface area (Å²) in [6.07, 6.45) is 10.8. The van der Waals surface area contributed by atoms with Crippen LogP contribution in [0.25, 0.3) is 32.5 Å². The van der Waals surface area contributed by atoms with E-state index >= 15 is 4.39 Å². The number of likely N-dealkylation sites (tertiary alicyclic amines) is 1. The van der Waals surface area contributed by atoms with Crippen molar-refractivity contribution in [3.05, 3.63) is 117 Å². The summed E-state index contributed by atoms with van der Waals surface area (Å²) < 4.78 is 90.9. The molecule has 0 aliphatic carbocycles. The molecule has 0 saturated carbocycles. The minimum absolute atomic E-state index is 0.0155. The molecule has 3 atom stereocenters. The number of pyridine rings is 2. The number of aromatic amines is 1. The number of sulfone groups is 1. The normalized spacial score (nSPS) is 15.7. The number of aryl methyl sites for hydroxylation is 2. The Morgan fingerprint density at radius 3 is 2.25 bits per heavy atom. The number of rotatable bonds is 26. The number of carbonyl (C=O) groups excluding carboxylic acids is 4. The van der Waals surface area contributed by atoms with E-state index in [2.05, 4.69) is 30.9 Å². The maximum absolute atomic E-state index is 15.6. The molecular weight excluding hydrogens is 1200 g/mol. The molecule has 0 spiro atoms. The van der Waals surface area contributed by atoms with Gasteiger partial charge < -0.3 is 39.5 Å². The SMILES string of the molecule is Cc1ncsc1-c1ccc(CN[C@@H]2C[C@@H](OC(=O)OCC(C)(C)SS(C)(=O)=O)CN2C(=O)[C@@H](NC(=O)CCCCCCCCCCNC(=O)c2cc3c(cc2CS(C)(=O)=O)-c2cn(C)c(=O)c4[nH]cc(c24)CN3c2ncc(F)cc2F)C(C)(C)C)cc1. The van der Waals surface area contributed by atoms with Crippen LogP contribution in [0.1, 0.15) is 132 Å². The molecule has 6 heterocycles. The molecule has 0 radical (unpaired) electrons. The van der Waals surface area contributed by atoms with Crippen LogP contribution in [0.4, 0.5) is 25.1 Å². The number of hydrogen-bond donors (Lipinski definition) is 4. The standard InChI is InChI=1S/C61H77F2N9O11S4/c1-37-53(84-36-68-37)39-21-19-38(20-22-39)28-65-49-26-43(83-59(77)82-35-61(5,6)85-87(9,80)81)32-72(49)58(76)54(60(2,3)4)69-50(73)18-16-14-12-10-11-13-15-17-23-64-56(74)44-27-48-45(24-40(44)34-86(8,78)79)46-33-70(7)57(75)52-51(46)41(29-66-52)31-71(48)55-47(63)25-42(62)30-67-55/h19-22,24-25,27,29-30,33,36,43,49,54,65-66H,10-18,23,26,28,31-32,34-35H2,1-9H3,(H,64,74)(H,69,73)/t43-,49+,54-/m1/s1. The van der Waals surface area contributed by atoms with E-state index in [4.69, 9.17) is 9.47 Å². The van der Waals surface area contributed by atoms with Crippen LogP contribution >= 0.6 is 22.1 Å². The molecule has 4 aromatic heterocycles. The van der Waals surface area contributed by atoms with Crippen molar-refractivity contribution in [3.63, 3.8) is 0 Å². The highest BCUT2D eigenvalue weighted by molar-refractivity contribution is 8.72. The van der Waals surface area contributed by atoms with Crippen LogP contribution < -0.4 is 26.4 Å². The zero-order valence-electron chi connectivity index (χ0n) is 50.5. The number of thiazole rings is 1. The van der Waals surface area contributed by atoms with Crippen molar-refractivity contribution < 1.29 is 54.3 Å². The Morgan fingerprint density at radius 2 is 1.61 bits per heavy atom. The Labute approximate surface area is 514 Å². The Hall–Kier alpha value is -6.74. The molecule has 2 aliphatic heterocycles. The fourth-order valence-corrected chi connectivity index (χ4v) is 16.2. The first-order chi connectivity index (χ1) is 40.9. The van der Waals surface area contributed by atoms with E-state index in [0.717, 1.165) is 78.9 Å². The zero-order valence-corrected chi connectivity index (χ0v) is 53.8. The maximum atomic E-state index is 15.6. The number of anilines is 2. The van der Waals surface area contributed by atoms with Crippen LogP contribution in [0.15, 0.2) is 71.4 Å². The minimum Gasteiger partial charge on any atom is -0.433 e. The van der Waals surface area contributed by atoms with Crippen LogP contribution in [-0.2, 0) is 63.7 Å². The molecule has 6 aromatic rings. The molecule has 4 N–H and O–H groups in total. The fourth-order valence-electron chi connectivity index (χ4n) is 11.1. The lowest BCUT2D eigenvalue weighted by atomic mass is 9.85. The summed E-state index contributed by atoms with van der Waals surface area (Å²) in [6.45, 7) is 11.3. The smallest absolute Gasteiger partial charge is 0.433 e. The highest BCUT2D eigenvalue weighted by atomic mass is 33.1. The number of aromatic nitrogens is 4. The van der Waals surface area contributed by atoms with E-state index in [-0.39, 0.29) is 72.4 Å². The van der Waals surface area contributed by atoms with Crippen LogP contribution in [0.3, 0.4) is 0 Å². The number of unbranched alkanes of at least 4 members (excludes halogenated alkanes) is 7. The van der Waals surface area contributed by atoms with Crippen molar-refractivity contribution in [1.82, 2.24) is 40.4 Å². The van der Waals surface area contributed by atoms with E-state index in [1.165, 1.54) is 15.5 Å². The van der Waals surface area contributed by atoms with Gasteiger partial charge in [0.15, 0.2) is 30.3 Å². The Kier molecular flexibility index (Phi) is 21.1. The summed E-state index contributed by atoms with van der Waals surface area (Å²) in [5.74, 6) is -3.68. The second-order valence-electron chi connectivity index (χ2n) is 24.3. The van der Waals surface area contributed by atoms with Crippen LogP contribution in [0, 0.1) is 24.0 Å². The molecule has 1 fully saturated rings. The minimum atomic E-state index is -3.69. The Balaban J connectivity index is 0.821. The van der Waals surface area contributed by atoms with Gasteiger partial charge >= 0.3 is 6.16 Å². The first kappa shape index (κ1) is 66.2. The number of amides is 3. The molecule has 2 aromatic carbocycles. The molecule has 0 bridgehead atoms. The van der Waals surface area contributed by atoms with Crippen LogP contribution in [-0.4, -0.2) is 120 Å². The molecule has 470 valence electrons. The van der Waals surface area contributed by atoms with Crippen molar-refractivity contribution in [1.29, 1.82) is 0 Å². The van der Waals surface area contributed by atoms with E-state index in [1.807, 2.05) is 57.5 Å². The lowest BCUT2D eigenvalue weighted by Crippen LogP contribution is -2.57. The number of benzene rings is 2. The highest BCUT2D eigenvalue weighted by Crippen LogP contribution is 2.45. The quantitative estimate of drug-likeness (QED) is 0.0224. The number of hydrogen-bond acceptors (Lipinski definition) is 17. The first-order valence-corrected chi connectivity index (χ1v) is 35.1. The second kappa shape index (κ2) is 27.8. The first-order valence-electron chi connectivity index (χ1n) is 28.9. The van der Waals surface area contributed by atoms with Gasteiger partial charge in [0.1, 0.15) is 30.1 Å². The van der Waals surface area contributed by atoms with Crippen LogP contribution in [0.2, 0.25) is 0 Å². The highest BCUT2D eigenvalue weighted by Gasteiger charge is 2.44. The van der Waals surface area contributed by atoms with Gasteiger partial charge in [-0.3, -0.25) is 24.5 Å². The van der Waals surface area contributed by atoms with Crippen molar-refractivity contribution in [2.75, 3.05) is 37.1 Å². The summed E-state index contributed by atoms with van der Waals surface area (Å²) >= 11 is 1.56. The van der Waals surface area contributed by atoms with Gasteiger partial charge in [0.05, 0.1) is 57.7 Å². The lowest BCUT2D eigenvalue weighted by Gasteiger charge is -2.36. The van der Waals surface area contributed by atoms with Crippen LogP contribution in [0.5, 0.6) is 0 Å². The van der Waals surface area contributed by atoms with Gasteiger partial charge in [-0.1, -0.05) is 83.6 Å². The number of nitrogens with one attached hydrogen (secondary N) is 4. The molecule has 2 aliphatic rings. The number of H-pyrrole nitrogens is 1. The lowest BCUT2D eigenvalue weighted by molar-refractivity contribution is -0.141. The van der Waals surface area contributed by atoms with Crippen molar-refractivity contribution >= 4 is 87.1 Å². The van der Waals surface area contributed by atoms with Gasteiger partial charge in [-0.05, 0) is 84.2 Å². The van der Waals surface area contributed by atoms with E-state index in [1.54, 1.807) is 55.6 Å². The number of nitrogens with zero attached hydrogens (tertiary/aromatic N) is 5. The summed E-state index contributed by atoms with van der Waals surface area (Å²) in [4.78, 5) is 84.1. The van der Waals surface area contributed by atoms with E-state index in [9.17, 15) is 45.2 Å². The predicted octanol–water partition coefficient (Wildman–Crippen LogP) is 9.95. The molecule has 0 unspecified atom stereocenters. The van der Waals surface area contributed by atoms with Gasteiger partial charge in [0, 0.05) is 86.0 Å². The number of halogens is 2. The van der Waals surface area contributed by atoms with Gasteiger partial charge in [-0.15, -0.1) is 11.3 Å². The molecule has 87 heavy (non-hydrogen) atoms. The molecule has 8 rings (SSSR count). The molecule has 3 amide bonds. The number of carbonyl (C=O) groups is 4. The average molecular weight is 1280 g/mol. The molecule has 1 saturated heterocycles. The van der Waals surface area contributed by atoms with Crippen molar-refractivity contribution in [2.24, 2.45) is 12.5 Å². The predicted molar refractivity (Wildman–Crippen MR) is 335 cm³/mol. The number of fused-ring (bicyclic) bond motifs is 2. The van der Waals surface area contributed by atoms with Crippen molar-refractivity contribution in [3.8, 4) is 21.6 Å². The maximum Gasteiger partial charge on any atom is 0.508 e. The van der Waals surface area contributed by atoms with Gasteiger partial charge in [-0.25, -0.2) is 40.4 Å². The molecule has 20 nitrogen and oxygen atoms in total. The average Bonchev–Trinajstić information content (AvgIpc) is 1.66. The van der Waals surface area contributed by atoms with Gasteiger partial charge in [0.25, 0.3) is 11.5 Å². The largest absolute Gasteiger partial charge is 0.508 e. The monoisotopic (exact) mass is 1280 g/mol. The summed E-state index contributed by atoms with van der Waals surface area (Å²) in [6, 6.07) is 10.9. The third-order valence-corrected chi connectivity index (χ3v) is 20.1. The Morgan fingerprint density at radius 1 is 0.920 bits per heavy atom. The second-order valence-corrected chi connectivity index (χ2v) is 32.3. The van der Waals surface area contributed by atoms with E-state index < -0.39 is 76.6 Å². The van der Waals surface area contributed by atoms with Gasteiger partial charge in [0.2, 0.25) is 11.8 Å². The Bertz CT molecular complexity index is 3810. The third-order valence-electron chi connectivity index (χ3n) is 15.2. The fraction of sp³-hybridized carbons (Fsp3) is 0.492. The van der Waals surface area contributed by atoms with Gasteiger partial charge in [-0.2, -0.15) is 0 Å². The number of ether oxygens (including phenoxy) is 2. The zero-order chi connectivity index (χ0) is 63.2. The third kappa shape index (κ3) is 17.3.